The van der Waals surface area contributed by atoms with Crippen molar-refractivity contribution in [2.75, 3.05) is 19.8 Å². The van der Waals surface area contributed by atoms with Crippen LogP contribution in [-0.2, 0) is 16.1 Å². The zero-order valence-corrected chi connectivity index (χ0v) is 9.27. The van der Waals surface area contributed by atoms with Gasteiger partial charge in [-0.15, -0.1) is 0 Å². The van der Waals surface area contributed by atoms with E-state index in [-0.39, 0.29) is 12.2 Å². The van der Waals surface area contributed by atoms with Crippen LogP contribution in [-0.4, -0.2) is 30.9 Å². The SMILES string of the molecule is CCCOCCOCc1cc(C(=O)O)co1. The molecule has 0 bridgehead atoms. The van der Waals surface area contributed by atoms with Crippen LogP contribution in [0.5, 0.6) is 0 Å². The average molecular weight is 228 g/mol. The van der Waals surface area contributed by atoms with E-state index in [2.05, 4.69) is 0 Å². The Morgan fingerprint density at radius 2 is 2.12 bits per heavy atom. The standard InChI is InChI=1S/C11H16O5/c1-2-3-14-4-5-15-8-10-6-9(7-16-10)11(12)13/h6-7H,2-5,8H2,1H3,(H,12,13). The molecule has 1 heterocycles. The molecule has 90 valence electrons. The average Bonchev–Trinajstić information content (AvgIpc) is 2.72. The lowest BCUT2D eigenvalue weighted by atomic mass is 10.3. The summed E-state index contributed by atoms with van der Waals surface area (Å²) in [6.07, 6.45) is 2.19. The number of aromatic carboxylic acids is 1. The van der Waals surface area contributed by atoms with Gasteiger partial charge in [0.05, 0.1) is 18.8 Å². The molecule has 0 saturated heterocycles. The molecule has 0 aliphatic heterocycles. The van der Waals surface area contributed by atoms with Crippen molar-refractivity contribution in [3.63, 3.8) is 0 Å². The lowest BCUT2D eigenvalue weighted by Gasteiger charge is -2.02. The molecule has 5 nitrogen and oxygen atoms in total. The van der Waals surface area contributed by atoms with Gasteiger partial charge in [0.25, 0.3) is 0 Å². The van der Waals surface area contributed by atoms with Gasteiger partial charge >= 0.3 is 5.97 Å². The lowest BCUT2D eigenvalue weighted by molar-refractivity contribution is 0.0350. The first-order valence-corrected chi connectivity index (χ1v) is 5.20. The van der Waals surface area contributed by atoms with E-state index < -0.39 is 5.97 Å². The second-order valence-corrected chi connectivity index (χ2v) is 3.27. The first-order valence-electron chi connectivity index (χ1n) is 5.20. The fourth-order valence-corrected chi connectivity index (χ4v) is 1.11. The number of furan rings is 1. The van der Waals surface area contributed by atoms with Gasteiger partial charge in [-0.25, -0.2) is 4.79 Å². The van der Waals surface area contributed by atoms with Crippen molar-refractivity contribution in [2.24, 2.45) is 0 Å². The molecule has 0 unspecified atom stereocenters. The molecule has 0 radical (unpaired) electrons. The minimum Gasteiger partial charge on any atom is -0.478 e. The van der Waals surface area contributed by atoms with E-state index in [1.807, 2.05) is 6.92 Å². The van der Waals surface area contributed by atoms with Crippen LogP contribution in [0.3, 0.4) is 0 Å². The monoisotopic (exact) mass is 228 g/mol. The van der Waals surface area contributed by atoms with E-state index >= 15 is 0 Å². The molecule has 1 N–H and O–H groups in total. The molecule has 16 heavy (non-hydrogen) atoms. The second kappa shape index (κ2) is 7.03. The number of carbonyl (C=O) groups is 1. The summed E-state index contributed by atoms with van der Waals surface area (Å²) in [6, 6.07) is 1.45. The van der Waals surface area contributed by atoms with Crippen LogP contribution < -0.4 is 0 Å². The Hall–Kier alpha value is -1.33. The van der Waals surface area contributed by atoms with E-state index in [1.54, 1.807) is 0 Å². The summed E-state index contributed by atoms with van der Waals surface area (Å²) in [5, 5.41) is 8.65. The fourth-order valence-electron chi connectivity index (χ4n) is 1.11. The maximum atomic E-state index is 10.5. The normalized spacial score (nSPS) is 10.6. The number of carboxylic acid groups (broad SMARTS) is 1. The van der Waals surface area contributed by atoms with Gasteiger partial charge in [0.15, 0.2) is 0 Å². The largest absolute Gasteiger partial charge is 0.478 e. The van der Waals surface area contributed by atoms with Gasteiger partial charge in [-0.1, -0.05) is 6.92 Å². The minimum atomic E-state index is -0.999. The smallest absolute Gasteiger partial charge is 0.338 e. The van der Waals surface area contributed by atoms with Crippen LogP contribution in [0.15, 0.2) is 16.7 Å². The number of hydrogen-bond acceptors (Lipinski definition) is 4. The zero-order valence-electron chi connectivity index (χ0n) is 9.27. The predicted molar refractivity (Wildman–Crippen MR) is 56.4 cm³/mol. The Morgan fingerprint density at radius 1 is 1.38 bits per heavy atom. The van der Waals surface area contributed by atoms with Crippen molar-refractivity contribution in [2.45, 2.75) is 20.0 Å². The van der Waals surface area contributed by atoms with E-state index in [0.29, 0.717) is 19.0 Å². The Bertz CT molecular complexity index is 318. The van der Waals surface area contributed by atoms with Gasteiger partial charge in [-0.3, -0.25) is 0 Å². The number of ether oxygens (including phenoxy) is 2. The summed E-state index contributed by atoms with van der Waals surface area (Å²) < 4.78 is 15.5. The molecule has 1 aromatic rings. The molecule has 0 saturated carbocycles. The third-order valence-corrected chi connectivity index (χ3v) is 1.87. The molecule has 0 amide bonds. The molecule has 0 aliphatic carbocycles. The Labute approximate surface area is 94.0 Å². The van der Waals surface area contributed by atoms with Crippen molar-refractivity contribution in [3.8, 4) is 0 Å². The Morgan fingerprint density at radius 3 is 2.75 bits per heavy atom. The minimum absolute atomic E-state index is 0.140. The molecular formula is C11H16O5. The van der Waals surface area contributed by atoms with Crippen LogP contribution in [0.25, 0.3) is 0 Å². The summed E-state index contributed by atoms with van der Waals surface area (Å²) in [6.45, 7) is 4.05. The highest BCUT2D eigenvalue weighted by Crippen LogP contribution is 2.08. The Kier molecular flexibility index (Phi) is 5.60. The van der Waals surface area contributed by atoms with Crippen LogP contribution in [0, 0.1) is 0 Å². The molecule has 0 fully saturated rings. The fraction of sp³-hybridized carbons (Fsp3) is 0.545. The van der Waals surface area contributed by atoms with Crippen molar-refractivity contribution < 1.29 is 23.8 Å². The predicted octanol–water partition coefficient (Wildman–Crippen LogP) is 1.92. The highest BCUT2D eigenvalue weighted by Gasteiger charge is 2.07. The number of rotatable bonds is 8. The van der Waals surface area contributed by atoms with Gasteiger partial charge < -0.3 is 19.0 Å². The van der Waals surface area contributed by atoms with Crippen molar-refractivity contribution in [1.29, 1.82) is 0 Å². The van der Waals surface area contributed by atoms with Gasteiger partial charge in [-0.05, 0) is 12.5 Å². The quantitative estimate of drug-likeness (QED) is 0.688. The van der Waals surface area contributed by atoms with Crippen molar-refractivity contribution >= 4 is 5.97 Å². The van der Waals surface area contributed by atoms with Gasteiger partial charge in [-0.2, -0.15) is 0 Å². The summed E-state index contributed by atoms with van der Waals surface area (Å²) in [7, 11) is 0. The molecule has 5 heteroatoms. The number of hydrogen-bond donors (Lipinski definition) is 1. The number of carboxylic acids is 1. The molecule has 0 atom stereocenters. The Balaban J connectivity index is 2.14. The topological polar surface area (TPSA) is 68.9 Å². The molecule has 0 aliphatic rings. The molecule has 1 aromatic heterocycles. The summed E-state index contributed by atoms with van der Waals surface area (Å²) in [4.78, 5) is 10.5. The molecule has 0 aromatic carbocycles. The second-order valence-electron chi connectivity index (χ2n) is 3.27. The first kappa shape index (κ1) is 12.7. The summed E-state index contributed by atoms with van der Waals surface area (Å²) in [5.74, 6) is -0.492. The highest BCUT2D eigenvalue weighted by molar-refractivity contribution is 5.87. The summed E-state index contributed by atoms with van der Waals surface area (Å²) in [5.41, 5.74) is 0.140. The van der Waals surface area contributed by atoms with Crippen LogP contribution >= 0.6 is 0 Å². The van der Waals surface area contributed by atoms with Gasteiger partial charge in [0.1, 0.15) is 18.6 Å². The molecule has 0 spiro atoms. The third kappa shape index (κ3) is 4.46. The third-order valence-electron chi connectivity index (χ3n) is 1.87. The van der Waals surface area contributed by atoms with Crippen LogP contribution in [0.1, 0.15) is 29.5 Å². The van der Waals surface area contributed by atoms with Gasteiger partial charge in [0, 0.05) is 6.61 Å². The van der Waals surface area contributed by atoms with E-state index in [9.17, 15) is 4.79 Å². The maximum Gasteiger partial charge on any atom is 0.338 e. The van der Waals surface area contributed by atoms with Crippen LogP contribution in [0.2, 0.25) is 0 Å². The van der Waals surface area contributed by atoms with E-state index in [4.69, 9.17) is 19.0 Å². The maximum absolute atomic E-state index is 10.5. The first-order chi connectivity index (χ1) is 7.74. The highest BCUT2D eigenvalue weighted by atomic mass is 16.5. The van der Waals surface area contributed by atoms with E-state index in [1.165, 1.54) is 12.3 Å². The molecular weight excluding hydrogens is 212 g/mol. The summed E-state index contributed by atoms with van der Waals surface area (Å²) >= 11 is 0. The van der Waals surface area contributed by atoms with E-state index in [0.717, 1.165) is 13.0 Å². The molecule has 1 rings (SSSR count). The zero-order chi connectivity index (χ0) is 11.8. The van der Waals surface area contributed by atoms with Crippen molar-refractivity contribution in [3.05, 3.63) is 23.7 Å². The van der Waals surface area contributed by atoms with Gasteiger partial charge in [0.2, 0.25) is 0 Å². The van der Waals surface area contributed by atoms with Crippen LogP contribution in [0.4, 0.5) is 0 Å². The lowest BCUT2D eigenvalue weighted by Crippen LogP contribution is -2.04. The van der Waals surface area contributed by atoms with Crippen molar-refractivity contribution in [1.82, 2.24) is 0 Å².